The van der Waals surface area contributed by atoms with Gasteiger partial charge in [-0.1, -0.05) is 187 Å². The molecule has 2 heterocycles. The molecule has 6 aromatic carbocycles. The van der Waals surface area contributed by atoms with Crippen molar-refractivity contribution >= 4 is 6.21 Å². The summed E-state index contributed by atoms with van der Waals surface area (Å²) in [5, 5.41) is 17.6. The second-order valence-corrected chi connectivity index (χ2v) is 14.6. The number of aromatic nitrogens is 2. The maximum atomic E-state index is 13.8. The Balaban J connectivity index is 1.34. The summed E-state index contributed by atoms with van der Waals surface area (Å²) in [5.41, 5.74) is -0.997. The molecule has 0 spiro atoms. The average molecular weight is 800 g/mol. The van der Waals surface area contributed by atoms with Gasteiger partial charge in [0.05, 0.1) is 6.61 Å². The van der Waals surface area contributed by atoms with E-state index in [1.54, 1.807) is 0 Å². The minimum absolute atomic E-state index is 0.141. The van der Waals surface area contributed by atoms with Crippen molar-refractivity contribution in [2.75, 3.05) is 13.7 Å². The van der Waals surface area contributed by atoms with Gasteiger partial charge in [-0.3, -0.25) is 14.3 Å². The van der Waals surface area contributed by atoms with Crippen LogP contribution in [0, 0.1) is 0 Å². The Hall–Kier alpha value is -6.69. The standard InChI is InChI=1S/C50H45N3O7/c1-57-51-34-33-48(56)43(36-58-49(37-20-8-2-9-21-37,38-22-10-3-11-23-38)39-24-12-4-13-25-39)59-46(53-35-32-44(54)52-47(53)55)45(48)60-50(40-26-14-5-15-27-40,41-28-16-6-17-29-41)42-30-18-7-19-31-42/h2-32,34-35,43,45-46,56H,33,36H2,1H3,(H,52,54,55)/b51-34+/t43-,45+,46-,48-/m1/s1. The maximum Gasteiger partial charge on any atom is 0.330 e. The van der Waals surface area contributed by atoms with E-state index in [4.69, 9.17) is 19.0 Å². The number of nitrogens with one attached hydrogen (secondary N) is 1. The third-order valence-electron chi connectivity index (χ3n) is 11.2. The Morgan fingerprint density at radius 1 is 0.650 bits per heavy atom. The first-order valence-electron chi connectivity index (χ1n) is 19.8. The maximum absolute atomic E-state index is 13.8. The number of benzene rings is 6. The summed E-state index contributed by atoms with van der Waals surface area (Å²) in [6.45, 7) is -0.195. The lowest BCUT2D eigenvalue weighted by Gasteiger charge is -2.43. The number of aliphatic hydroxyl groups is 1. The highest BCUT2D eigenvalue weighted by Crippen LogP contribution is 2.50. The molecule has 4 atom stereocenters. The van der Waals surface area contributed by atoms with Crippen molar-refractivity contribution in [1.29, 1.82) is 0 Å². The van der Waals surface area contributed by atoms with Gasteiger partial charge in [0.2, 0.25) is 0 Å². The summed E-state index contributed by atoms with van der Waals surface area (Å²) in [7, 11) is 1.42. The Bertz CT molecular complexity index is 2400. The third-order valence-corrected chi connectivity index (χ3v) is 11.2. The lowest BCUT2D eigenvalue weighted by Crippen LogP contribution is -2.55. The van der Waals surface area contributed by atoms with Gasteiger partial charge in [0.15, 0.2) is 6.23 Å². The summed E-state index contributed by atoms with van der Waals surface area (Å²) in [6.07, 6.45) is -1.11. The summed E-state index contributed by atoms with van der Waals surface area (Å²) < 4.78 is 23.0. The fraction of sp³-hybridized carbons (Fsp3) is 0.180. The van der Waals surface area contributed by atoms with E-state index in [1.807, 2.05) is 182 Å². The van der Waals surface area contributed by atoms with Crippen LogP contribution in [0.25, 0.3) is 0 Å². The molecule has 1 aliphatic rings. The number of oxime groups is 1. The molecular formula is C50H45N3O7. The van der Waals surface area contributed by atoms with Crippen LogP contribution in [-0.4, -0.2) is 52.4 Å². The number of hydrogen-bond donors (Lipinski definition) is 2. The van der Waals surface area contributed by atoms with Gasteiger partial charge >= 0.3 is 5.69 Å². The van der Waals surface area contributed by atoms with Crippen molar-refractivity contribution < 1.29 is 24.2 Å². The van der Waals surface area contributed by atoms with Crippen molar-refractivity contribution in [3.05, 3.63) is 248 Å². The van der Waals surface area contributed by atoms with Crippen molar-refractivity contribution in [3.8, 4) is 0 Å². The minimum Gasteiger partial charge on any atom is -0.399 e. The highest BCUT2D eigenvalue weighted by Gasteiger charge is 2.60. The number of rotatable bonds is 15. The molecule has 0 bridgehead atoms. The number of aromatic amines is 1. The lowest BCUT2D eigenvalue weighted by molar-refractivity contribution is -0.157. The quantitative estimate of drug-likeness (QED) is 0.0623. The highest BCUT2D eigenvalue weighted by molar-refractivity contribution is 5.59. The second-order valence-electron chi connectivity index (χ2n) is 14.6. The Morgan fingerprint density at radius 2 is 1.05 bits per heavy atom. The van der Waals surface area contributed by atoms with E-state index in [9.17, 15) is 14.7 Å². The molecule has 1 saturated heterocycles. The van der Waals surface area contributed by atoms with Crippen LogP contribution in [0.3, 0.4) is 0 Å². The zero-order valence-corrected chi connectivity index (χ0v) is 33.0. The Kier molecular flexibility index (Phi) is 11.8. The van der Waals surface area contributed by atoms with E-state index >= 15 is 0 Å². The van der Waals surface area contributed by atoms with E-state index in [-0.39, 0.29) is 13.0 Å². The van der Waals surface area contributed by atoms with Gasteiger partial charge in [0.1, 0.15) is 36.1 Å². The monoisotopic (exact) mass is 799 g/mol. The smallest absolute Gasteiger partial charge is 0.330 e. The van der Waals surface area contributed by atoms with Crippen LogP contribution in [0.5, 0.6) is 0 Å². The zero-order valence-electron chi connectivity index (χ0n) is 33.0. The molecule has 8 rings (SSSR count). The van der Waals surface area contributed by atoms with Gasteiger partial charge in [-0.05, 0) is 33.4 Å². The van der Waals surface area contributed by atoms with Crippen molar-refractivity contribution in [2.24, 2.45) is 5.16 Å². The topological polar surface area (TPSA) is 124 Å². The van der Waals surface area contributed by atoms with Crippen LogP contribution in [0.4, 0.5) is 0 Å². The van der Waals surface area contributed by atoms with Crippen LogP contribution < -0.4 is 11.2 Å². The molecular weight excluding hydrogens is 755 g/mol. The zero-order chi connectivity index (χ0) is 41.4. The van der Waals surface area contributed by atoms with E-state index < -0.39 is 46.5 Å². The van der Waals surface area contributed by atoms with Crippen LogP contribution in [0.1, 0.15) is 46.0 Å². The Labute approximate surface area is 347 Å². The average Bonchev–Trinajstić information content (AvgIpc) is 3.57. The summed E-state index contributed by atoms with van der Waals surface area (Å²) in [4.78, 5) is 33.7. The predicted octanol–water partition coefficient (Wildman–Crippen LogP) is 7.57. The normalized spacial score (nSPS) is 19.3. The van der Waals surface area contributed by atoms with E-state index in [1.165, 1.54) is 30.2 Å². The molecule has 0 amide bonds. The lowest BCUT2D eigenvalue weighted by atomic mass is 9.78. The number of H-pyrrole nitrogens is 1. The van der Waals surface area contributed by atoms with Crippen LogP contribution >= 0.6 is 0 Å². The molecule has 1 aromatic heterocycles. The van der Waals surface area contributed by atoms with Crippen molar-refractivity contribution in [2.45, 2.75) is 41.7 Å². The first-order chi connectivity index (χ1) is 29.4. The molecule has 0 unspecified atom stereocenters. The van der Waals surface area contributed by atoms with Crippen molar-refractivity contribution in [3.63, 3.8) is 0 Å². The summed E-state index contributed by atoms with van der Waals surface area (Å²) in [6, 6.07) is 60.1. The van der Waals surface area contributed by atoms with E-state index in [0.717, 1.165) is 33.4 Å². The Morgan fingerprint density at radius 3 is 1.43 bits per heavy atom. The minimum atomic E-state index is -1.96. The molecule has 302 valence electrons. The van der Waals surface area contributed by atoms with Crippen LogP contribution in [0.2, 0.25) is 0 Å². The first-order valence-corrected chi connectivity index (χ1v) is 19.8. The molecule has 60 heavy (non-hydrogen) atoms. The fourth-order valence-corrected chi connectivity index (χ4v) is 8.36. The SMILES string of the molecule is CO/N=C/C[C@@]1(O)[C@@H](COC(c2ccccc2)(c2ccccc2)c2ccccc2)O[C@@H](n2ccc(=O)[nH]c2=O)[C@@H]1OC(c1ccccc1)(c1ccccc1)c1ccccc1. The molecule has 10 heteroatoms. The van der Waals surface area contributed by atoms with Gasteiger partial charge in [-0.2, -0.15) is 0 Å². The molecule has 0 aliphatic carbocycles. The fourth-order valence-electron chi connectivity index (χ4n) is 8.36. The molecule has 7 aromatic rings. The van der Waals surface area contributed by atoms with Crippen LogP contribution in [0.15, 0.2) is 209 Å². The summed E-state index contributed by atoms with van der Waals surface area (Å²) >= 11 is 0. The largest absolute Gasteiger partial charge is 0.399 e. The van der Waals surface area contributed by atoms with E-state index in [0.29, 0.717) is 0 Å². The molecule has 1 fully saturated rings. The first kappa shape index (κ1) is 40.1. The summed E-state index contributed by atoms with van der Waals surface area (Å²) in [5.74, 6) is 0. The molecule has 1 aliphatic heterocycles. The molecule has 0 radical (unpaired) electrons. The third kappa shape index (κ3) is 7.53. The molecule has 10 nitrogen and oxygen atoms in total. The number of ether oxygens (including phenoxy) is 3. The number of nitrogens with zero attached hydrogens (tertiary/aromatic N) is 2. The van der Waals surface area contributed by atoms with Crippen LogP contribution in [-0.2, 0) is 30.3 Å². The van der Waals surface area contributed by atoms with Gasteiger partial charge in [0, 0.05) is 24.9 Å². The van der Waals surface area contributed by atoms with Gasteiger partial charge < -0.3 is 24.2 Å². The molecule has 0 saturated carbocycles. The predicted molar refractivity (Wildman–Crippen MR) is 230 cm³/mol. The van der Waals surface area contributed by atoms with Gasteiger partial charge in [-0.15, -0.1) is 0 Å². The highest BCUT2D eigenvalue weighted by atomic mass is 16.6. The second kappa shape index (κ2) is 17.7. The molecule has 2 N–H and O–H groups in total. The number of hydrogen-bond acceptors (Lipinski definition) is 8. The van der Waals surface area contributed by atoms with Crippen molar-refractivity contribution in [1.82, 2.24) is 9.55 Å². The van der Waals surface area contributed by atoms with Gasteiger partial charge in [0.25, 0.3) is 5.56 Å². The van der Waals surface area contributed by atoms with E-state index in [2.05, 4.69) is 10.1 Å². The van der Waals surface area contributed by atoms with Gasteiger partial charge in [-0.25, -0.2) is 4.79 Å².